The number of ether oxygens (including phenoxy) is 1. The standard InChI is InChI=1S/C12H12ClNO6S/c1-7-10(12(15)20-8-3-2-4-8)5-9(21(13,18)19)6-11(7)14(16)17/h5-6,8H,2-4H2,1H3. The number of carbonyl (C=O) groups excluding carboxylic acids is 1. The van der Waals surface area contributed by atoms with E-state index < -0.39 is 30.5 Å². The molecule has 0 unspecified atom stereocenters. The van der Waals surface area contributed by atoms with Crippen LogP contribution in [0.4, 0.5) is 5.69 Å². The summed E-state index contributed by atoms with van der Waals surface area (Å²) in [5.74, 6) is -0.775. The minimum Gasteiger partial charge on any atom is -0.459 e. The molecule has 0 heterocycles. The summed E-state index contributed by atoms with van der Waals surface area (Å²) in [6.07, 6.45) is 2.21. The van der Waals surface area contributed by atoms with Crippen LogP contribution in [0, 0.1) is 17.0 Å². The van der Waals surface area contributed by atoms with Crippen molar-refractivity contribution in [1.29, 1.82) is 0 Å². The minimum atomic E-state index is -4.19. The lowest BCUT2D eigenvalue weighted by Crippen LogP contribution is -2.25. The van der Waals surface area contributed by atoms with Gasteiger partial charge in [-0.05, 0) is 32.3 Å². The third kappa shape index (κ3) is 3.33. The van der Waals surface area contributed by atoms with Gasteiger partial charge in [-0.3, -0.25) is 10.1 Å². The molecule has 0 atom stereocenters. The number of rotatable bonds is 4. The number of benzene rings is 1. The molecule has 21 heavy (non-hydrogen) atoms. The summed E-state index contributed by atoms with van der Waals surface area (Å²) in [6, 6.07) is 1.84. The highest BCUT2D eigenvalue weighted by molar-refractivity contribution is 8.13. The van der Waals surface area contributed by atoms with Crippen LogP contribution >= 0.6 is 10.7 Å². The molecule has 1 aliphatic rings. The van der Waals surface area contributed by atoms with Gasteiger partial charge in [-0.2, -0.15) is 0 Å². The quantitative estimate of drug-likeness (QED) is 0.363. The lowest BCUT2D eigenvalue weighted by atomic mass is 9.96. The Morgan fingerprint density at radius 1 is 1.43 bits per heavy atom. The van der Waals surface area contributed by atoms with Gasteiger partial charge in [-0.1, -0.05) is 0 Å². The van der Waals surface area contributed by atoms with Gasteiger partial charge in [0.15, 0.2) is 0 Å². The molecule has 0 N–H and O–H groups in total. The molecule has 1 aliphatic carbocycles. The Morgan fingerprint density at radius 2 is 2.05 bits per heavy atom. The van der Waals surface area contributed by atoms with Gasteiger partial charge in [0.05, 0.1) is 15.4 Å². The average molecular weight is 334 g/mol. The van der Waals surface area contributed by atoms with E-state index in [0.29, 0.717) is 0 Å². The van der Waals surface area contributed by atoms with E-state index in [-0.39, 0.29) is 17.2 Å². The molecule has 1 saturated carbocycles. The van der Waals surface area contributed by atoms with Crippen LogP contribution in [0.1, 0.15) is 35.2 Å². The van der Waals surface area contributed by atoms with Crippen molar-refractivity contribution in [2.24, 2.45) is 0 Å². The van der Waals surface area contributed by atoms with E-state index in [2.05, 4.69) is 0 Å². The number of halogens is 1. The summed E-state index contributed by atoms with van der Waals surface area (Å²) in [5, 5.41) is 11.0. The second-order valence-corrected chi connectivity index (χ2v) is 7.33. The van der Waals surface area contributed by atoms with E-state index in [1.807, 2.05) is 0 Å². The maximum atomic E-state index is 12.0. The minimum absolute atomic E-state index is 0.0494. The highest BCUT2D eigenvalue weighted by Gasteiger charge is 2.28. The summed E-state index contributed by atoms with van der Waals surface area (Å²) in [5.41, 5.74) is -0.596. The predicted octanol–water partition coefficient (Wildman–Crippen LogP) is 2.54. The molecule has 0 amide bonds. The van der Waals surface area contributed by atoms with E-state index in [0.717, 1.165) is 31.4 Å². The summed E-state index contributed by atoms with van der Waals surface area (Å²) < 4.78 is 27.9. The summed E-state index contributed by atoms with van der Waals surface area (Å²) in [7, 11) is 1.01. The molecule has 2 rings (SSSR count). The molecule has 0 aliphatic heterocycles. The second-order valence-electron chi connectivity index (χ2n) is 4.77. The van der Waals surface area contributed by atoms with Crippen molar-refractivity contribution in [3.63, 3.8) is 0 Å². The van der Waals surface area contributed by atoms with Crippen LogP contribution in [0.2, 0.25) is 0 Å². The van der Waals surface area contributed by atoms with E-state index in [9.17, 15) is 23.3 Å². The third-order valence-corrected chi connectivity index (χ3v) is 4.71. The van der Waals surface area contributed by atoms with E-state index in [1.165, 1.54) is 6.92 Å². The van der Waals surface area contributed by atoms with Gasteiger partial charge in [0, 0.05) is 22.3 Å². The Kier molecular flexibility index (Phi) is 4.20. The highest BCUT2D eigenvalue weighted by Crippen LogP contribution is 2.30. The first-order valence-corrected chi connectivity index (χ1v) is 8.46. The van der Waals surface area contributed by atoms with E-state index in [1.54, 1.807) is 0 Å². The average Bonchev–Trinajstić information content (AvgIpc) is 2.31. The third-order valence-electron chi connectivity index (χ3n) is 3.38. The molecular formula is C12H12ClNO6S. The molecule has 0 aromatic heterocycles. The Balaban J connectivity index is 2.49. The van der Waals surface area contributed by atoms with Crippen molar-refractivity contribution in [3.05, 3.63) is 33.4 Å². The Labute approximate surface area is 125 Å². The Bertz CT molecular complexity index is 711. The molecule has 0 saturated heterocycles. The number of carbonyl (C=O) groups is 1. The lowest BCUT2D eigenvalue weighted by molar-refractivity contribution is -0.385. The second kappa shape index (κ2) is 5.61. The topological polar surface area (TPSA) is 104 Å². The first-order valence-electron chi connectivity index (χ1n) is 6.15. The molecule has 7 nitrogen and oxygen atoms in total. The van der Waals surface area contributed by atoms with Crippen molar-refractivity contribution >= 4 is 31.4 Å². The molecule has 9 heteroatoms. The van der Waals surface area contributed by atoms with Gasteiger partial charge in [0.2, 0.25) is 0 Å². The molecule has 114 valence electrons. The summed E-state index contributed by atoms with van der Waals surface area (Å²) in [6.45, 7) is 1.36. The maximum absolute atomic E-state index is 12.0. The zero-order chi connectivity index (χ0) is 15.8. The molecule has 1 fully saturated rings. The van der Waals surface area contributed by atoms with E-state index >= 15 is 0 Å². The van der Waals surface area contributed by atoms with Crippen LogP contribution in [-0.4, -0.2) is 25.4 Å². The van der Waals surface area contributed by atoms with Crippen LogP contribution < -0.4 is 0 Å². The van der Waals surface area contributed by atoms with Crippen molar-refractivity contribution in [3.8, 4) is 0 Å². The van der Waals surface area contributed by atoms with Crippen LogP contribution in [0.25, 0.3) is 0 Å². The Morgan fingerprint density at radius 3 is 2.48 bits per heavy atom. The van der Waals surface area contributed by atoms with Crippen molar-refractivity contribution in [2.45, 2.75) is 37.2 Å². The number of hydrogen-bond acceptors (Lipinski definition) is 6. The first-order chi connectivity index (χ1) is 9.70. The largest absolute Gasteiger partial charge is 0.459 e. The number of nitrogens with zero attached hydrogens (tertiary/aromatic N) is 1. The van der Waals surface area contributed by atoms with Crippen LogP contribution in [0.3, 0.4) is 0 Å². The fourth-order valence-corrected chi connectivity index (χ4v) is 2.70. The molecule has 0 bridgehead atoms. The fourth-order valence-electron chi connectivity index (χ4n) is 1.92. The zero-order valence-electron chi connectivity index (χ0n) is 11.0. The molecule has 0 radical (unpaired) electrons. The molecule has 1 aromatic carbocycles. The van der Waals surface area contributed by atoms with Crippen LogP contribution in [-0.2, 0) is 13.8 Å². The zero-order valence-corrected chi connectivity index (χ0v) is 12.6. The number of hydrogen-bond donors (Lipinski definition) is 0. The Hall–Kier alpha value is -1.67. The first kappa shape index (κ1) is 15.7. The van der Waals surface area contributed by atoms with Crippen molar-refractivity contribution in [2.75, 3.05) is 0 Å². The highest BCUT2D eigenvalue weighted by atomic mass is 35.7. The monoisotopic (exact) mass is 333 g/mol. The van der Waals surface area contributed by atoms with Gasteiger partial charge in [-0.15, -0.1) is 0 Å². The van der Waals surface area contributed by atoms with Gasteiger partial charge < -0.3 is 4.74 Å². The smallest absolute Gasteiger partial charge is 0.338 e. The fraction of sp³-hybridized carbons (Fsp3) is 0.417. The normalized spacial score (nSPS) is 15.3. The molecule has 1 aromatic rings. The SMILES string of the molecule is Cc1c(C(=O)OC2CCC2)cc(S(=O)(=O)Cl)cc1[N+](=O)[O-]. The summed E-state index contributed by atoms with van der Waals surface area (Å²) >= 11 is 0. The number of nitro benzene ring substituents is 1. The number of esters is 1. The van der Waals surface area contributed by atoms with Gasteiger partial charge in [0.1, 0.15) is 6.10 Å². The van der Waals surface area contributed by atoms with Crippen molar-refractivity contribution in [1.82, 2.24) is 0 Å². The van der Waals surface area contributed by atoms with Gasteiger partial charge >= 0.3 is 5.97 Å². The summed E-state index contributed by atoms with van der Waals surface area (Å²) in [4.78, 5) is 21.8. The molecule has 0 spiro atoms. The van der Waals surface area contributed by atoms with Gasteiger partial charge in [-0.25, -0.2) is 13.2 Å². The maximum Gasteiger partial charge on any atom is 0.338 e. The number of nitro groups is 1. The van der Waals surface area contributed by atoms with Crippen LogP contribution in [0.15, 0.2) is 17.0 Å². The van der Waals surface area contributed by atoms with Crippen molar-refractivity contribution < 1.29 is 22.9 Å². The lowest BCUT2D eigenvalue weighted by Gasteiger charge is -2.25. The molecular weight excluding hydrogens is 322 g/mol. The predicted molar refractivity (Wildman–Crippen MR) is 73.9 cm³/mol. The van der Waals surface area contributed by atoms with Crippen LogP contribution in [0.5, 0.6) is 0 Å². The van der Waals surface area contributed by atoms with Gasteiger partial charge in [0.25, 0.3) is 14.7 Å². The van der Waals surface area contributed by atoms with E-state index in [4.69, 9.17) is 15.4 Å².